The number of nitrogens with one attached hydrogen (secondary N) is 1. The van der Waals surface area contributed by atoms with Gasteiger partial charge in [0.1, 0.15) is 0 Å². The van der Waals surface area contributed by atoms with Crippen LogP contribution >= 0.6 is 0 Å². The number of aliphatic hydroxyl groups is 1. The lowest BCUT2D eigenvalue weighted by atomic mass is 9.98. The Morgan fingerprint density at radius 2 is 1.88 bits per heavy atom. The maximum atomic E-state index is 9.71. The smallest absolute Gasteiger partial charge is 0.0921 e. The Kier molecular flexibility index (Phi) is 6.41. The van der Waals surface area contributed by atoms with Crippen molar-refractivity contribution in [3.8, 4) is 0 Å². The highest BCUT2D eigenvalue weighted by Gasteiger charge is 2.16. The monoisotopic (exact) mass is 245 g/mol. The van der Waals surface area contributed by atoms with Crippen molar-refractivity contribution in [2.45, 2.75) is 70.7 Å². The molecule has 4 heteroatoms. The van der Waals surface area contributed by atoms with E-state index in [1.165, 1.54) is 19.3 Å². The Bertz CT molecular complexity index is 197. The van der Waals surface area contributed by atoms with Crippen LogP contribution in [0.4, 0.5) is 0 Å². The summed E-state index contributed by atoms with van der Waals surface area (Å²) in [6.07, 6.45) is 5.96. The highest BCUT2D eigenvalue weighted by molar-refractivity contribution is 4.66. The molecule has 0 saturated heterocycles. The summed E-state index contributed by atoms with van der Waals surface area (Å²) in [5.41, 5.74) is 2.55. The average molecular weight is 245 g/mol. The van der Waals surface area contributed by atoms with Crippen molar-refractivity contribution in [3.63, 3.8) is 0 Å². The van der Waals surface area contributed by atoms with Crippen LogP contribution in [-0.2, 0) is 9.57 Å². The third-order valence-corrected chi connectivity index (χ3v) is 2.77. The van der Waals surface area contributed by atoms with E-state index in [0.29, 0.717) is 19.3 Å². The van der Waals surface area contributed by atoms with Crippen molar-refractivity contribution in [2.75, 3.05) is 13.2 Å². The van der Waals surface area contributed by atoms with E-state index in [1.807, 2.05) is 20.8 Å². The molecule has 1 aliphatic rings. The van der Waals surface area contributed by atoms with Gasteiger partial charge >= 0.3 is 0 Å². The lowest BCUT2D eigenvalue weighted by Crippen LogP contribution is -2.37. The summed E-state index contributed by atoms with van der Waals surface area (Å²) in [6, 6.07) is 0. The van der Waals surface area contributed by atoms with Crippen LogP contribution in [0.15, 0.2) is 0 Å². The summed E-state index contributed by atoms with van der Waals surface area (Å²) in [4.78, 5) is 5.33. The van der Waals surface area contributed by atoms with Gasteiger partial charge in [-0.05, 0) is 33.6 Å². The predicted molar refractivity (Wildman–Crippen MR) is 67.7 cm³/mol. The van der Waals surface area contributed by atoms with Crippen molar-refractivity contribution >= 4 is 0 Å². The van der Waals surface area contributed by atoms with Crippen molar-refractivity contribution < 1.29 is 14.7 Å². The van der Waals surface area contributed by atoms with Crippen molar-refractivity contribution in [3.05, 3.63) is 0 Å². The third-order valence-electron chi connectivity index (χ3n) is 2.77. The van der Waals surface area contributed by atoms with Crippen molar-refractivity contribution in [1.82, 2.24) is 5.48 Å². The lowest BCUT2D eigenvalue weighted by Gasteiger charge is -2.24. The molecule has 0 aromatic rings. The fourth-order valence-corrected chi connectivity index (χ4v) is 1.89. The largest absolute Gasteiger partial charge is 0.389 e. The molecule has 0 heterocycles. The first kappa shape index (κ1) is 14.9. The van der Waals surface area contributed by atoms with Crippen LogP contribution in [-0.4, -0.2) is 36.1 Å². The number of hydrogen-bond acceptors (Lipinski definition) is 4. The van der Waals surface area contributed by atoms with Crippen LogP contribution in [0, 0.1) is 0 Å². The maximum absolute atomic E-state index is 9.71. The highest BCUT2D eigenvalue weighted by Crippen LogP contribution is 2.20. The van der Waals surface area contributed by atoms with E-state index in [1.54, 1.807) is 0 Å². The van der Waals surface area contributed by atoms with Gasteiger partial charge < -0.3 is 9.84 Å². The van der Waals surface area contributed by atoms with Gasteiger partial charge in [0.25, 0.3) is 0 Å². The molecule has 1 atom stereocenters. The van der Waals surface area contributed by atoms with E-state index in [2.05, 4.69) is 5.48 Å². The van der Waals surface area contributed by atoms with Crippen LogP contribution in [0.1, 0.15) is 52.9 Å². The van der Waals surface area contributed by atoms with Gasteiger partial charge in [0.15, 0.2) is 0 Å². The zero-order valence-corrected chi connectivity index (χ0v) is 11.4. The van der Waals surface area contributed by atoms with Gasteiger partial charge in [0.2, 0.25) is 0 Å². The van der Waals surface area contributed by atoms with Crippen LogP contribution in [0.2, 0.25) is 0 Å². The summed E-state index contributed by atoms with van der Waals surface area (Å²) in [7, 11) is 0. The quantitative estimate of drug-likeness (QED) is 0.703. The number of aliphatic hydroxyl groups excluding tert-OH is 1. The Hall–Kier alpha value is -0.160. The van der Waals surface area contributed by atoms with Crippen LogP contribution in [0.3, 0.4) is 0 Å². The second kappa shape index (κ2) is 7.31. The predicted octanol–water partition coefficient (Wildman–Crippen LogP) is 2.02. The fourth-order valence-electron chi connectivity index (χ4n) is 1.89. The van der Waals surface area contributed by atoms with Crippen molar-refractivity contribution in [1.29, 1.82) is 0 Å². The summed E-state index contributed by atoms with van der Waals surface area (Å²) < 4.78 is 5.68. The van der Waals surface area contributed by atoms with E-state index in [4.69, 9.17) is 9.57 Å². The summed E-state index contributed by atoms with van der Waals surface area (Å²) in [6.45, 7) is 6.69. The molecule has 0 aromatic heterocycles. The highest BCUT2D eigenvalue weighted by atomic mass is 16.7. The fraction of sp³-hybridized carbons (Fsp3) is 1.00. The first-order valence-electron chi connectivity index (χ1n) is 6.68. The number of rotatable bonds is 6. The zero-order valence-electron chi connectivity index (χ0n) is 11.4. The minimum atomic E-state index is -0.501. The number of ether oxygens (including phenoxy) is 1. The molecule has 0 amide bonds. The van der Waals surface area contributed by atoms with Gasteiger partial charge in [-0.2, -0.15) is 5.48 Å². The zero-order chi connectivity index (χ0) is 12.7. The molecule has 1 saturated carbocycles. The summed E-state index contributed by atoms with van der Waals surface area (Å²) in [5.74, 6) is 0. The normalized spacial score (nSPS) is 20.5. The van der Waals surface area contributed by atoms with Crippen molar-refractivity contribution in [2.24, 2.45) is 0 Å². The number of hydrogen-bond donors (Lipinski definition) is 2. The van der Waals surface area contributed by atoms with Crippen LogP contribution in [0.25, 0.3) is 0 Å². The molecule has 1 fully saturated rings. The molecule has 0 aromatic carbocycles. The van der Waals surface area contributed by atoms with E-state index < -0.39 is 6.10 Å². The molecule has 4 nitrogen and oxygen atoms in total. The molecule has 1 unspecified atom stereocenters. The minimum absolute atomic E-state index is 0.232. The molecule has 2 N–H and O–H groups in total. The standard InChI is InChI=1S/C13H27NO3/c1-13(2,3)17-14-9-11(15)10-16-12-7-5-4-6-8-12/h11-12,14-15H,4-10H2,1-3H3. The first-order chi connectivity index (χ1) is 7.97. The van der Waals surface area contributed by atoms with Gasteiger partial charge in [-0.1, -0.05) is 19.3 Å². The van der Waals surface area contributed by atoms with Gasteiger partial charge in [-0.3, -0.25) is 4.84 Å². The maximum Gasteiger partial charge on any atom is 0.0921 e. The Balaban J connectivity index is 2.02. The van der Waals surface area contributed by atoms with Crippen LogP contribution < -0.4 is 5.48 Å². The van der Waals surface area contributed by atoms with Gasteiger partial charge in [0.05, 0.1) is 24.4 Å². The first-order valence-corrected chi connectivity index (χ1v) is 6.68. The molecular formula is C13H27NO3. The van der Waals surface area contributed by atoms with E-state index >= 15 is 0 Å². The molecule has 0 bridgehead atoms. The van der Waals surface area contributed by atoms with Gasteiger partial charge in [0, 0.05) is 6.54 Å². The van der Waals surface area contributed by atoms with Gasteiger partial charge in [-0.15, -0.1) is 0 Å². The molecule has 102 valence electrons. The molecule has 17 heavy (non-hydrogen) atoms. The molecule has 0 radical (unpaired) electrons. The molecule has 1 rings (SSSR count). The van der Waals surface area contributed by atoms with E-state index in [-0.39, 0.29) is 5.60 Å². The van der Waals surface area contributed by atoms with Crippen LogP contribution in [0.5, 0.6) is 0 Å². The molecule has 0 spiro atoms. The van der Waals surface area contributed by atoms with E-state index in [9.17, 15) is 5.11 Å². The van der Waals surface area contributed by atoms with E-state index in [0.717, 1.165) is 12.8 Å². The second-order valence-corrected chi connectivity index (χ2v) is 5.81. The summed E-state index contributed by atoms with van der Waals surface area (Å²) >= 11 is 0. The average Bonchev–Trinajstić information content (AvgIpc) is 2.26. The molecular weight excluding hydrogens is 218 g/mol. The number of hydroxylamine groups is 1. The SMILES string of the molecule is CC(C)(C)ONCC(O)COC1CCCCC1. The Morgan fingerprint density at radius 3 is 2.47 bits per heavy atom. The molecule has 0 aliphatic heterocycles. The third kappa shape index (κ3) is 7.71. The minimum Gasteiger partial charge on any atom is -0.389 e. The summed E-state index contributed by atoms with van der Waals surface area (Å²) in [5, 5.41) is 9.71. The topological polar surface area (TPSA) is 50.7 Å². The lowest BCUT2D eigenvalue weighted by molar-refractivity contribution is -0.0946. The Labute approximate surface area is 105 Å². The second-order valence-electron chi connectivity index (χ2n) is 5.81. The molecule has 1 aliphatic carbocycles. The van der Waals surface area contributed by atoms with Gasteiger partial charge in [-0.25, -0.2) is 0 Å². The Morgan fingerprint density at radius 1 is 1.24 bits per heavy atom.